The maximum absolute atomic E-state index is 13.5. The van der Waals surface area contributed by atoms with Crippen molar-refractivity contribution in [2.45, 2.75) is 6.04 Å². The number of aromatic nitrogens is 1. The fourth-order valence-corrected chi connectivity index (χ4v) is 1.95. The van der Waals surface area contributed by atoms with Gasteiger partial charge < -0.3 is 15.2 Å². The molecule has 0 spiro atoms. The molecule has 0 fully saturated rings. The number of nitrogens with zero attached hydrogens (tertiary/aromatic N) is 1. The van der Waals surface area contributed by atoms with Crippen molar-refractivity contribution in [1.82, 2.24) is 10.3 Å². The minimum atomic E-state index is -1.42. The summed E-state index contributed by atoms with van der Waals surface area (Å²) in [5.41, 5.74) is 0.209. The summed E-state index contributed by atoms with van der Waals surface area (Å²) in [6.45, 7) is 0. The Hall–Kier alpha value is -2.67. The van der Waals surface area contributed by atoms with Crippen molar-refractivity contribution in [3.8, 4) is 5.88 Å². The van der Waals surface area contributed by atoms with E-state index in [0.29, 0.717) is 5.88 Å². The standard InChI is InChI=1S/C15H12ClFN2O4/c1-23-12-5-3-9(7-18-12)14(20)19-13(15(21)22)8-2-4-10(16)11(17)6-8/h2-7,13H,1H3,(H,19,20)(H,21,22). The second-order valence-electron chi connectivity index (χ2n) is 4.51. The van der Waals surface area contributed by atoms with E-state index in [1.54, 1.807) is 0 Å². The summed E-state index contributed by atoms with van der Waals surface area (Å²) >= 11 is 5.57. The van der Waals surface area contributed by atoms with Crippen LogP contribution < -0.4 is 10.1 Å². The molecule has 1 heterocycles. The van der Waals surface area contributed by atoms with E-state index >= 15 is 0 Å². The molecule has 1 amide bonds. The number of aliphatic carboxylic acids is 1. The molecular formula is C15H12ClFN2O4. The van der Waals surface area contributed by atoms with Gasteiger partial charge in [-0.1, -0.05) is 17.7 Å². The minimum Gasteiger partial charge on any atom is -0.481 e. The van der Waals surface area contributed by atoms with Crippen LogP contribution in [0.2, 0.25) is 5.02 Å². The first kappa shape index (κ1) is 16.7. The van der Waals surface area contributed by atoms with Gasteiger partial charge in [0.25, 0.3) is 5.91 Å². The van der Waals surface area contributed by atoms with Crippen LogP contribution in [0.4, 0.5) is 4.39 Å². The van der Waals surface area contributed by atoms with Crippen molar-refractivity contribution in [1.29, 1.82) is 0 Å². The Kier molecular flexibility index (Phi) is 5.13. The topological polar surface area (TPSA) is 88.5 Å². The van der Waals surface area contributed by atoms with E-state index < -0.39 is 23.7 Å². The quantitative estimate of drug-likeness (QED) is 0.874. The second kappa shape index (κ2) is 7.06. The third-order valence-electron chi connectivity index (χ3n) is 3.01. The van der Waals surface area contributed by atoms with Crippen molar-refractivity contribution in [3.05, 3.63) is 58.5 Å². The Morgan fingerprint density at radius 1 is 1.35 bits per heavy atom. The molecule has 6 nitrogen and oxygen atoms in total. The average molecular weight is 339 g/mol. The molecule has 1 aromatic carbocycles. The number of carbonyl (C=O) groups excluding carboxylic acids is 1. The lowest BCUT2D eigenvalue weighted by Crippen LogP contribution is -2.33. The fraction of sp³-hybridized carbons (Fsp3) is 0.133. The van der Waals surface area contributed by atoms with Crippen molar-refractivity contribution < 1.29 is 23.8 Å². The number of carboxylic acids is 1. The molecule has 2 rings (SSSR count). The van der Waals surface area contributed by atoms with Crippen LogP contribution in [0.5, 0.6) is 5.88 Å². The predicted molar refractivity (Wildman–Crippen MR) is 80.0 cm³/mol. The molecule has 120 valence electrons. The fourth-order valence-electron chi connectivity index (χ4n) is 1.83. The highest BCUT2D eigenvalue weighted by Gasteiger charge is 2.23. The van der Waals surface area contributed by atoms with Gasteiger partial charge in [0.05, 0.1) is 17.7 Å². The van der Waals surface area contributed by atoms with Crippen LogP contribution in [-0.2, 0) is 4.79 Å². The molecule has 1 unspecified atom stereocenters. The maximum Gasteiger partial charge on any atom is 0.330 e. The van der Waals surface area contributed by atoms with Crippen molar-refractivity contribution in [2.75, 3.05) is 7.11 Å². The molecule has 1 aromatic heterocycles. The zero-order valence-electron chi connectivity index (χ0n) is 11.9. The van der Waals surface area contributed by atoms with E-state index in [-0.39, 0.29) is 16.1 Å². The summed E-state index contributed by atoms with van der Waals surface area (Å²) in [6, 6.07) is 5.00. The third-order valence-corrected chi connectivity index (χ3v) is 3.31. The normalized spacial score (nSPS) is 11.6. The lowest BCUT2D eigenvalue weighted by Gasteiger charge is -2.15. The summed E-state index contributed by atoms with van der Waals surface area (Å²) in [5.74, 6) is -2.45. The number of pyridine rings is 1. The smallest absolute Gasteiger partial charge is 0.330 e. The van der Waals surface area contributed by atoms with Gasteiger partial charge in [0.1, 0.15) is 5.82 Å². The zero-order chi connectivity index (χ0) is 17.0. The van der Waals surface area contributed by atoms with E-state index in [0.717, 1.165) is 6.07 Å². The lowest BCUT2D eigenvalue weighted by molar-refractivity contribution is -0.139. The largest absolute Gasteiger partial charge is 0.481 e. The molecule has 0 saturated heterocycles. The average Bonchev–Trinajstić information content (AvgIpc) is 2.55. The number of nitrogens with one attached hydrogen (secondary N) is 1. The molecule has 8 heteroatoms. The van der Waals surface area contributed by atoms with Crippen molar-refractivity contribution >= 4 is 23.5 Å². The van der Waals surface area contributed by atoms with Crippen LogP contribution in [-0.4, -0.2) is 29.1 Å². The molecule has 1 atom stereocenters. The number of halogens is 2. The zero-order valence-corrected chi connectivity index (χ0v) is 12.7. The molecule has 2 N–H and O–H groups in total. The second-order valence-corrected chi connectivity index (χ2v) is 4.91. The van der Waals surface area contributed by atoms with Gasteiger partial charge in [-0.25, -0.2) is 14.2 Å². The minimum absolute atomic E-state index is 0.0641. The summed E-state index contributed by atoms with van der Waals surface area (Å²) in [7, 11) is 1.43. The molecule has 0 aliphatic heterocycles. The molecule has 0 bridgehead atoms. The number of rotatable bonds is 5. The van der Waals surface area contributed by atoms with Gasteiger partial charge >= 0.3 is 5.97 Å². The van der Waals surface area contributed by atoms with Gasteiger partial charge in [0, 0.05) is 12.3 Å². The van der Waals surface area contributed by atoms with Gasteiger partial charge in [0.2, 0.25) is 5.88 Å². The van der Waals surface area contributed by atoms with Gasteiger partial charge in [0.15, 0.2) is 6.04 Å². The van der Waals surface area contributed by atoms with E-state index in [9.17, 15) is 19.1 Å². The number of ether oxygens (including phenoxy) is 1. The lowest BCUT2D eigenvalue weighted by atomic mass is 10.1. The molecular weight excluding hydrogens is 327 g/mol. The Morgan fingerprint density at radius 3 is 2.61 bits per heavy atom. The summed E-state index contributed by atoms with van der Waals surface area (Å²) in [6.07, 6.45) is 1.25. The van der Waals surface area contributed by atoms with E-state index in [1.165, 1.54) is 37.6 Å². The highest BCUT2D eigenvalue weighted by atomic mass is 35.5. The van der Waals surface area contributed by atoms with Crippen molar-refractivity contribution in [3.63, 3.8) is 0 Å². The molecule has 0 saturated carbocycles. The Morgan fingerprint density at radius 2 is 2.09 bits per heavy atom. The van der Waals surface area contributed by atoms with E-state index in [1.807, 2.05) is 0 Å². The summed E-state index contributed by atoms with van der Waals surface area (Å²) < 4.78 is 18.4. The van der Waals surface area contributed by atoms with Gasteiger partial charge in [-0.3, -0.25) is 4.79 Å². The molecule has 0 aliphatic carbocycles. The monoisotopic (exact) mass is 338 g/mol. The Labute approximate surface area is 135 Å². The predicted octanol–water partition coefficient (Wildman–Crippen LogP) is 2.44. The number of hydrogen-bond donors (Lipinski definition) is 2. The van der Waals surface area contributed by atoms with Crippen LogP contribution in [0.15, 0.2) is 36.5 Å². The van der Waals surface area contributed by atoms with Crippen molar-refractivity contribution in [2.24, 2.45) is 0 Å². The summed E-state index contributed by atoms with van der Waals surface area (Å²) in [5, 5.41) is 11.4. The molecule has 0 radical (unpaired) electrons. The molecule has 2 aromatic rings. The number of methoxy groups -OCH3 is 1. The van der Waals surface area contributed by atoms with Crippen LogP contribution in [0.25, 0.3) is 0 Å². The first-order valence-corrected chi connectivity index (χ1v) is 6.79. The van der Waals surface area contributed by atoms with Gasteiger partial charge in [-0.05, 0) is 23.8 Å². The maximum atomic E-state index is 13.5. The Bertz CT molecular complexity index is 737. The number of amides is 1. The molecule has 23 heavy (non-hydrogen) atoms. The number of carbonyl (C=O) groups is 2. The first-order chi connectivity index (χ1) is 10.9. The van der Waals surface area contributed by atoms with Crippen LogP contribution in [0.1, 0.15) is 22.0 Å². The van der Waals surface area contributed by atoms with Crippen LogP contribution in [0.3, 0.4) is 0 Å². The third kappa shape index (κ3) is 3.95. The van der Waals surface area contributed by atoms with Crippen LogP contribution >= 0.6 is 11.6 Å². The van der Waals surface area contributed by atoms with E-state index in [4.69, 9.17) is 16.3 Å². The highest BCUT2D eigenvalue weighted by Crippen LogP contribution is 2.21. The van der Waals surface area contributed by atoms with Gasteiger partial charge in [-0.2, -0.15) is 0 Å². The summed E-state index contributed by atoms with van der Waals surface area (Å²) in [4.78, 5) is 27.3. The van der Waals surface area contributed by atoms with E-state index in [2.05, 4.69) is 10.3 Å². The number of carboxylic acid groups (broad SMARTS) is 1. The molecule has 0 aliphatic rings. The highest BCUT2D eigenvalue weighted by molar-refractivity contribution is 6.30. The first-order valence-electron chi connectivity index (χ1n) is 6.41. The SMILES string of the molecule is COc1ccc(C(=O)NC(C(=O)O)c2ccc(Cl)c(F)c2)cn1. The number of hydrogen-bond acceptors (Lipinski definition) is 4. The Balaban J connectivity index is 2.22. The van der Waals surface area contributed by atoms with Crippen LogP contribution in [0, 0.1) is 5.82 Å². The number of benzene rings is 1. The van der Waals surface area contributed by atoms with Gasteiger partial charge in [-0.15, -0.1) is 0 Å².